The van der Waals surface area contributed by atoms with E-state index in [2.05, 4.69) is 46.2 Å². The first-order valence-corrected chi connectivity index (χ1v) is 15.5. The number of likely N-dealkylation sites (N-methyl/N-ethyl adjacent to an activating group) is 1. The predicted octanol–water partition coefficient (Wildman–Crippen LogP) is 3.32. The standard InChI is InChI=1S/C32H45FN6O2/c1-3-29(40)39-16-15-38(20-23(39)11-13-34)30-26-10-12-32(17-22-7-4-5-9-25(22)27(33)18-32)19-28(26)35-31(36-30)41-21-24-8-6-14-37(24)2/h3-5,7,9,23-24,26-28,30-31,35-36H,1,6,8,10-12,14-21H2,2H3/t23?,24?,26?,27?,28?,30?,31?,32-/m0/s1. The van der Waals surface area contributed by atoms with Crippen molar-refractivity contribution >= 4 is 5.91 Å². The van der Waals surface area contributed by atoms with E-state index >= 15 is 4.39 Å². The van der Waals surface area contributed by atoms with E-state index in [1.54, 1.807) is 4.90 Å². The van der Waals surface area contributed by atoms with Gasteiger partial charge >= 0.3 is 0 Å². The van der Waals surface area contributed by atoms with Crippen LogP contribution < -0.4 is 10.6 Å². The van der Waals surface area contributed by atoms with Gasteiger partial charge in [-0.3, -0.25) is 20.3 Å². The molecule has 1 aromatic rings. The average Bonchev–Trinajstić information content (AvgIpc) is 3.39. The first kappa shape index (κ1) is 28.8. The second-order valence-corrected chi connectivity index (χ2v) is 13.1. The highest BCUT2D eigenvalue weighted by Gasteiger charge is 2.51. The smallest absolute Gasteiger partial charge is 0.246 e. The van der Waals surface area contributed by atoms with E-state index in [-0.39, 0.29) is 35.9 Å². The summed E-state index contributed by atoms with van der Waals surface area (Å²) in [6.45, 7) is 7.37. The van der Waals surface area contributed by atoms with Crippen LogP contribution in [0.1, 0.15) is 62.2 Å². The van der Waals surface area contributed by atoms with Crippen molar-refractivity contribution in [3.05, 3.63) is 48.0 Å². The molecule has 7 unspecified atom stereocenters. The maximum absolute atomic E-state index is 15.5. The van der Waals surface area contributed by atoms with Crippen LogP contribution in [0.25, 0.3) is 0 Å². The van der Waals surface area contributed by atoms with Gasteiger partial charge in [0.15, 0.2) is 6.35 Å². The highest BCUT2D eigenvalue weighted by molar-refractivity contribution is 5.87. The molecule has 0 aromatic heterocycles. The van der Waals surface area contributed by atoms with Gasteiger partial charge < -0.3 is 14.5 Å². The van der Waals surface area contributed by atoms with Gasteiger partial charge in [0.05, 0.1) is 31.3 Å². The molecule has 4 fully saturated rings. The molecule has 1 saturated carbocycles. The van der Waals surface area contributed by atoms with Crippen molar-refractivity contribution < 1.29 is 13.9 Å². The van der Waals surface area contributed by atoms with Crippen LogP contribution in [0, 0.1) is 22.7 Å². The number of benzene rings is 1. The topological polar surface area (TPSA) is 83.9 Å². The third kappa shape index (κ3) is 5.82. The number of hydrogen-bond donors (Lipinski definition) is 2. The first-order chi connectivity index (χ1) is 19.9. The van der Waals surface area contributed by atoms with Crippen LogP contribution in [0.15, 0.2) is 36.9 Å². The predicted molar refractivity (Wildman–Crippen MR) is 155 cm³/mol. The average molecular weight is 565 g/mol. The number of fused-ring (bicyclic) bond motifs is 2. The Hall–Kier alpha value is -2.35. The van der Waals surface area contributed by atoms with Gasteiger partial charge in [-0.1, -0.05) is 30.8 Å². The lowest BCUT2D eigenvalue weighted by atomic mass is 9.59. The fourth-order valence-electron chi connectivity index (χ4n) is 8.48. The summed E-state index contributed by atoms with van der Waals surface area (Å²) in [4.78, 5) is 19.1. The molecule has 3 saturated heterocycles. The summed E-state index contributed by atoms with van der Waals surface area (Å²) in [6.07, 6.45) is 7.26. The number of carbonyl (C=O) groups excluding carboxylic acids is 1. The molecule has 1 spiro atoms. The van der Waals surface area contributed by atoms with Crippen molar-refractivity contribution in [3.8, 4) is 6.07 Å². The molecule has 222 valence electrons. The number of ether oxygens (including phenoxy) is 1. The van der Waals surface area contributed by atoms with E-state index in [0.717, 1.165) is 56.3 Å². The quantitative estimate of drug-likeness (QED) is 0.513. The van der Waals surface area contributed by atoms with Crippen LogP contribution in [0.2, 0.25) is 0 Å². The number of halogens is 1. The summed E-state index contributed by atoms with van der Waals surface area (Å²) < 4.78 is 22.0. The van der Waals surface area contributed by atoms with Gasteiger partial charge in [0.25, 0.3) is 0 Å². The van der Waals surface area contributed by atoms with E-state index < -0.39 is 6.17 Å². The summed E-state index contributed by atoms with van der Waals surface area (Å²) in [5, 5.41) is 17.1. The van der Waals surface area contributed by atoms with Gasteiger partial charge in [0.1, 0.15) is 6.17 Å². The number of rotatable bonds is 6. The zero-order chi connectivity index (χ0) is 28.6. The van der Waals surface area contributed by atoms with Crippen molar-refractivity contribution in [2.24, 2.45) is 11.3 Å². The highest BCUT2D eigenvalue weighted by atomic mass is 19.1. The molecule has 2 N–H and O–H groups in total. The lowest BCUT2D eigenvalue weighted by molar-refractivity contribution is -0.137. The Morgan fingerprint density at radius 2 is 2.07 bits per heavy atom. The van der Waals surface area contributed by atoms with Crippen molar-refractivity contribution in [1.29, 1.82) is 5.26 Å². The minimum absolute atomic E-state index is 0.0571. The molecule has 8 atom stereocenters. The zero-order valence-electron chi connectivity index (χ0n) is 24.3. The zero-order valence-corrected chi connectivity index (χ0v) is 24.3. The molecule has 0 radical (unpaired) electrons. The van der Waals surface area contributed by atoms with Crippen molar-refractivity contribution in [1.82, 2.24) is 25.3 Å². The molecule has 1 amide bonds. The van der Waals surface area contributed by atoms with E-state index in [0.29, 0.717) is 44.5 Å². The lowest BCUT2D eigenvalue weighted by Gasteiger charge is -2.56. The van der Waals surface area contributed by atoms with Crippen molar-refractivity contribution in [2.45, 2.75) is 88.2 Å². The Balaban J connectivity index is 1.22. The minimum atomic E-state index is -0.916. The molecular weight excluding hydrogens is 519 g/mol. The second-order valence-electron chi connectivity index (χ2n) is 13.1. The monoisotopic (exact) mass is 564 g/mol. The van der Waals surface area contributed by atoms with Crippen LogP contribution in [-0.4, -0.2) is 91.1 Å². The Labute approximate surface area is 243 Å². The van der Waals surface area contributed by atoms with E-state index in [4.69, 9.17) is 4.74 Å². The molecule has 9 heteroatoms. The van der Waals surface area contributed by atoms with Gasteiger partial charge in [-0.15, -0.1) is 0 Å². The molecule has 6 rings (SSSR count). The van der Waals surface area contributed by atoms with Crippen LogP contribution in [-0.2, 0) is 16.0 Å². The molecule has 41 heavy (non-hydrogen) atoms. The molecule has 3 aliphatic heterocycles. The maximum Gasteiger partial charge on any atom is 0.246 e. The van der Waals surface area contributed by atoms with Crippen LogP contribution in [0.5, 0.6) is 0 Å². The largest absolute Gasteiger partial charge is 0.348 e. The number of nitriles is 1. The first-order valence-electron chi connectivity index (χ1n) is 15.5. The van der Waals surface area contributed by atoms with Crippen LogP contribution >= 0.6 is 0 Å². The number of nitrogens with zero attached hydrogens (tertiary/aromatic N) is 4. The Bertz CT molecular complexity index is 1160. The van der Waals surface area contributed by atoms with Gasteiger partial charge in [0, 0.05) is 37.6 Å². The van der Waals surface area contributed by atoms with E-state index in [1.807, 2.05) is 18.2 Å². The minimum Gasteiger partial charge on any atom is -0.348 e. The Morgan fingerprint density at radius 1 is 1.22 bits per heavy atom. The maximum atomic E-state index is 15.5. The summed E-state index contributed by atoms with van der Waals surface area (Å²) in [5.74, 6) is 0.218. The summed E-state index contributed by atoms with van der Waals surface area (Å²) in [5.41, 5.74) is 1.97. The summed E-state index contributed by atoms with van der Waals surface area (Å²) >= 11 is 0. The molecule has 3 heterocycles. The number of alkyl halides is 1. The van der Waals surface area contributed by atoms with Gasteiger partial charge in [-0.05, 0) is 81.2 Å². The van der Waals surface area contributed by atoms with Crippen molar-refractivity contribution in [3.63, 3.8) is 0 Å². The Morgan fingerprint density at radius 3 is 2.85 bits per heavy atom. The molecule has 2 aliphatic carbocycles. The number of carbonyl (C=O) groups is 1. The SMILES string of the molecule is C=CC(=O)N1CCN(C2NC(OCC3CCCN3C)NC3C[C@@]4(CCC32)Cc2ccccc2C(F)C4)CC1CC#N. The van der Waals surface area contributed by atoms with Gasteiger partial charge in [-0.25, -0.2) is 4.39 Å². The van der Waals surface area contributed by atoms with Crippen molar-refractivity contribution in [2.75, 3.05) is 39.8 Å². The molecular formula is C32H45FN6O2. The summed E-state index contributed by atoms with van der Waals surface area (Å²) in [6, 6.07) is 10.8. The molecule has 1 aromatic carbocycles. The third-order valence-electron chi connectivity index (χ3n) is 10.7. The fraction of sp³-hybridized carbons (Fsp3) is 0.688. The summed E-state index contributed by atoms with van der Waals surface area (Å²) in [7, 11) is 2.17. The van der Waals surface area contributed by atoms with Gasteiger partial charge in [0.2, 0.25) is 5.91 Å². The number of likely N-dealkylation sites (tertiary alicyclic amines) is 1. The number of piperazine rings is 1. The third-order valence-corrected chi connectivity index (χ3v) is 10.7. The van der Waals surface area contributed by atoms with Gasteiger partial charge in [-0.2, -0.15) is 5.26 Å². The number of amides is 1. The molecule has 5 aliphatic rings. The van der Waals surface area contributed by atoms with E-state index in [9.17, 15) is 10.1 Å². The number of hydrogen-bond acceptors (Lipinski definition) is 7. The number of nitrogens with one attached hydrogen (secondary N) is 2. The molecule has 0 bridgehead atoms. The van der Waals surface area contributed by atoms with E-state index in [1.165, 1.54) is 12.5 Å². The lowest BCUT2D eigenvalue weighted by Crippen LogP contribution is -2.72. The molecule has 8 nitrogen and oxygen atoms in total. The fourth-order valence-corrected chi connectivity index (χ4v) is 8.48. The van der Waals surface area contributed by atoms with Crippen LogP contribution in [0.4, 0.5) is 4.39 Å². The Kier molecular flexibility index (Phi) is 8.49. The highest BCUT2D eigenvalue weighted by Crippen LogP contribution is 2.53. The second kappa shape index (κ2) is 12.1. The normalized spacial score (nSPS) is 37.8. The van der Waals surface area contributed by atoms with Crippen LogP contribution in [0.3, 0.4) is 0 Å².